The lowest BCUT2D eigenvalue weighted by atomic mass is 10.1. The number of carbonyl (C=O) groups excluding carboxylic acids is 2. The SMILES string of the molecule is CCC(CN)C(=O)NCCC(=O)N1CCCCC1. The van der Waals surface area contributed by atoms with Gasteiger partial charge in [0, 0.05) is 38.5 Å². The lowest BCUT2D eigenvalue weighted by molar-refractivity contribution is -0.132. The fraction of sp³-hybridized carbons (Fsp3) is 0.846. The van der Waals surface area contributed by atoms with Crippen molar-refractivity contribution >= 4 is 11.8 Å². The molecule has 0 bridgehead atoms. The number of hydrogen-bond donors (Lipinski definition) is 2. The molecule has 3 N–H and O–H groups in total. The van der Waals surface area contributed by atoms with Gasteiger partial charge in [-0.05, 0) is 25.7 Å². The Hall–Kier alpha value is -1.10. The third-order valence-corrected chi connectivity index (χ3v) is 3.49. The Labute approximate surface area is 109 Å². The minimum absolute atomic E-state index is 0.0357. The predicted octanol–water partition coefficient (Wildman–Crippen LogP) is 0.490. The van der Waals surface area contributed by atoms with Crippen molar-refractivity contribution in [1.29, 1.82) is 0 Å². The second kappa shape index (κ2) is 8.08. The van der Waals surface area contributed by atoms with Crippen LogP contribution in [0.15, 0.2) is 0 Å². The highest BCUT2D eigenvalue weighted by molar-refractivity contribution is 5.80. The molecule has 1 heterocycles. The van der Waals surface area contributed by atoms with Crippen LogP contribution in [0.3, 0.4) is 0 Å². The van der Waals surface area contributed by atoms with Crippen molar-refractivity contribution in [1.82, 2.24) is 10.2 Å². The molecule has 18 heavy (non-hydrogen) atoms. The summed E-state index contributed by atoms with van der Waals surface area (Å²) in [6.45, 7) is 4.46. The molecule has 0 aromatic rings. The number of amides is 2. The van der Waals surface area contributed by atoms with Crippen LogP contribution in [0.2, 0.25) is 0 Å². The van der Waals surface area contributed by atoms with E-state index in [9.17, 15) is 9.59 Å². The lowest BCUT2D eigenvalue weighted by Gasteiger charge is -2.26. The molecule has 104 valence electrons. The first-order valence-corrected chi connectivity index (χ1v) is 6.94. The highest BCUT2D eigenvalue weighted by Crippen LogP contribution is 2.09. The van der Waals surface area contributed by atoms with E-state index in [0.717, 1.165) is 32.4 Å². The van der Waals surface area contributed by atoms with E-state index in [1.54, 1.807) is 0 Å². The maximum atomic E-state index is 11.8. The Kier molecular flexibility index (Phi) is 6.72. The second-order valence-electron chi connectivity index (χ2n) is 4.82. The summed E-state index contributed by atoms with van der Waals surface area (Å²) in [5.74, 6) is -0.0164. The van der Waals surface area contributed by atoms with Gasteiger partial charge in [0.1, 0.15) is 0 Å². The number of piperidine rings is 1. The lowest BCUT2D eigenvalue weighted by Crippen LogP contribution is -2.39. The quantitative estimate of drug-likeness (QED) is 0.725. The van der Waals surface area contributed by atoms with Gasteiger partial charge >= 0.3 is 0 Å². The van der Waals surface area contributed by atoms with Gasteiger partial charge in [0.15, 0.2) is 0 Å². The smallest absolute Gasteiger partial charge is 0.224 e. The molecule has 1 fully saturated rings. The van der Waals surface area contributed by atoms with Crippen molar-refractivity contribution in [3.63, 3.8) is 0 Å². The summed E-state index contributed by atoms with van der Waals surface area (Å²) >= 11 is 0. The van der Waals surface area contributed by atoms with Crippen molar-refractivity contribution in [2.75, 3.05) is 26.2 Å². The molecule has 1 atom stereocenters. The summed E-state index contributed by atoms with van der Waals surface area (Å²) < 4.78 is 0. The third kappa shape index (κ3) is 4.64. The first-order chi connectivity index (χ1) is 8.69. The van der Waals surface area contributed by atoms with Crippen LogP contribution in [0.4, 0.5) is 0 Å². The molecule has 0 aliphatic carbocycles. The average molecular weight is 255 g/mol. The average Bonchev–Trinajstić information content (AvgIpc) is 2.41. The largest absolute Gasteiger partial charge is 0.355 e. The highest BCUT2D eigenvalue weighted by Gasteiger charge is 2.17. The molecule has 1 unspecified atom stereocenters. The van der Waals surface area contributed by atoms with Crippen LogP contribution in [0.25, 0.3) is 0 Å². The summed E-state index contributed by atoms with van der Waals surface area (Å²) in [4.78, 5) is 25.4. The molecule has 1 aliphatic rings. The monoisotopic (exact) mass is 255 g/mol. The van der Waals surface area contributed by atoms with E-state index < -0.39 is 0 Å². The summed E-state index contributed by atoms with van der Waals surface area (Å²) in [5.41, 5.74) is 5.50. The first-order valence-electron chi connectivity index (χ1n) is 6.94. The minimum Gasteiger partial charge on any atom is -0.355 e. The molecule has 0 aromatic heterocycles. The van der Waals surface area contributed by atoms with Gasteiger partial charge in [-0.2, -0.15) is 0 Å². The molecule has 1 aliphatic heterocycles. The van der Waals surface area contributed by atoms with Crippen LogP contribution in [0.1, 0.15) is 39.0 Å². The van der Waals surface area contributed by atoms with Crippen LogP contribution in [-0.4, -0.2) is 42.9 Å². The summed E-state index contributed by atoms with van der Waals surface area (Å²) in [5, 5.41) is 2.79. The molecular weight excluding hydrogens is 230 g/mol. The van der Waals surface area contributed by atoms with Gasteiger partial charge in [-0.25, -0.2) is 0 Å². The van der Waals surface area contributed by atoms with Crippen molar-refractivity contribution in [2.45, 2.75) is 39.0 Å². The van der Waals surface area contributed by atoms with E-state index in [2.05, 4.69) is 5.32 Å². The number of hydrogen-bond acceptors (Lipinski definition) is 3. The van der Waals surface area contributed by atoms with Crippen LogP contribution in [0, 0.1) is 5.92 Å². The fourth-order valence-corrected chi connectivity index (χ4v) is 2.20. The first kappa shape index (κ1) is 15.0. The van der Waals surface area contributed by atoms with Crippen molar-refractivity contribution in [3.05, 3.63) is 0 Å². The number of likely N-dealkylation sites (tertiary alicyclic amines) is 1. The van der Waals surface area contributed by atoms with Crippen molar-refractivity contribution in [3.8, 4) is 0 Å². The summed E-state index contributed by atoms with van der Waals surface area (Å²) in [7, 11) is 0. The van der Waals surface area contributed by atoms with Gasteiger partial charge in [-0.15, -0.1) is 0 Å². The van der Waals surface area contributed by atoms with Crippen LogP contribution in [0.5, 0.6) is 0 Å². The summed E-state index contributed by atoms with van der Waals surface area (Å²) in [6, 6.07) is 0. The molecule has 0 saturated carbocycles. The zero-order valence-corrected chi connectivity index (χ0v) is 11.3. The van der Waals surface area contributed by atoms with Crippen LogP contribution in [-0.2, 0) is 9.59 Å². The Morgan fingerprint density at radius 2 is 1.94 bits per heavy atom. The normalized spacial score (nSPS) is 17.3. The second-order valence-corrected chi connectivity index (χ2v) is 4.82. The molecule has 0 spiro atoms. The zero-order chi connectivity index (χ0) is 13.4. The number of nitrogens with one attached hydrogen (secondary N) is 1. The van der Waals surface area contributed by atoms with Crippen molar-refractivity contribution < 1.29 is 9.59 Å². The van der Waals surface area contributed by atoms with E-state index in [1.165, 1.54) is 6.42 Å². The molecule has 2 amide bonds. The Balaban J connectivity index is 2.20. The Morgan fingerprint density at radius 3 is 2.50 bits per heavy atom. The van der Waals surface area contributed by atoms with E-state index in [0.29, 0.717) is 19.5 Å². The Bertz CT molecular complexity index is 271. The van der Waals surface area contributed by atoms with Gasteiger partial charge in [-0.3, -0.25) is 9.59 Å². The number of nitrogens with two attached hydrogens (primary N) is 1. The standard InChI is InChI=1S/C13H25N3O2/c1-2-11(10-14)13(18)15-7-6-12(17)16-8-4-3-5-9-16/h11H,2-10,14H2,1H3,(H,15,18). The molecule has 1 rings (SSSR count). The van der Waals surface area contributed by atoms with Gasteiger partial charge in [-0.1, -0.05) is 6.92 Å². The minimum atomic E-state index is -0.130. The Morgan fingerprint density at radius 1 is 1.28 bits per heavy atom. The van der Waals surface area contributed by atoms with Gasteiger partial charge in [0.2, 0.25) is 11.8 Å². The van der Waals surface area contributed by atoms with Crippen molar-refractivity contribution in [2.24, 2.45) is 11.7 Å². The molecule has 5 heteroatoms. The van der Waals surface area contributed by atoms with Gasteiger partial charge < -0.3 is 16.0 Å². The van der Waals surface area contributed by atoms with E-state index in [4.69, 9.17) is 5.73 Å². The van der Waals surface area contributed by atoms with E-state index >= 15 is 0 Å². The maximum Gasteiger partial charge on any atom is 0.224 e. The third-order valence-electron chi connectivity index (χ3n) is 3.49. The van der Waals surface area contributed by atoms with E-state index in [-0.39, 0.29) is 17.7 Å². The highest BCUT2D eigenvalue weighted by atomic mass is 16.2. The molecular formula is C13H25N3O2. The topological polar surface area (TPSA) is 75.4 Å². The number of nitrogens with zero attached hydrogens (tertiary/aromatic N) is 1. The van der Waals surface area contributed by atoms with Crippen LogP contribution >= 0.6 is 0 Å². The van der Waals surface area contributed by atoms with E-state index in [1.807, 2.05) is 11.8 Å². The van der Waals surface area contributed by atoms with Gasteiger partial charge in [0.25, 0.3) is 0 Å². The van der Waals surface area contributed by atoms with Gasteiger partial charge in [0.05, 0.1) is 0 Å². The number of rotatable bonds is 6. The predicted molar refractivity (Wildman–Crippen MR) is 70.9 cm³/mol. The van der Waals surface area contributed by atoms with Crippen LogP contribution < -0.4 is 11.1 Å². The summed E-state index contributed by atoms with van der Waals surface area (Å²) in [6.07, 6.45) is 4.55. The maximum absolute atomic E-state index is 11.8. The molecule has 1 saturated heterocycles. The fourth-order valence-electron chi connectivity index (χ4n) is 2.20. The molecule has 0 radical (unpaired) electrons. The number of carbonyl (C=O) groups is 2. The zero-order valence-electron chi connectivity index (χ0n) is 11.3. The molecule has 0 aromatic carbocycles. The molecule has 5 nitrogen and oxygen atoms in total.